The number of pyridine rings is 1. The summed E-state index contributed by atoms with van der Waals surface area (Å²) in [5, 5.41) is 3.45. The SMILES string of the molecule is CCc1ccc(C)[n+](CC(=O)Nc2cc(Cl)ccc2Oc2ccccc2)c1. The molecule has 5 heteroatoms. The summed E-state index contributed by atoms with van der Waals surface area (Å²) in [5.74, 6) is 1.09. The van der Waals surface area contributed by atoms with Crippen LogP contribution in [0.5, 0.6) is 11.5 Å². The molecule has 3 rings (SSSR count). The van der Waals surface area contributed by atoms with Gasteiger partial charge in [-0.1, -0.05) is 36.7 Å². The highest BCUT2D eigenvalue weighted by Crippen LogP contribution is 2.31. The maximum atomic E-state index is 12.6. The third kappa shape index (κ3) is 5.08. The van der Waals surface area contributed by atoms with E-state index >= 15 is 0 Å². The molecule has 0 bridgehead atoms. The Morgan fingerprint density at radius 1 is 1.11 bits per heavy atom. The molecule has 3 aromatic rings. The number of carbonyl (C=O) groups excluding carboxylic acids is 1. The van der Waals surface area contributed by atoms with E-state index in [0.717, 1.165) is 12.1 Å². The Kier molecular flexibility index (Phi) is 6.09. The highest BCUT2D eigenvalue weighted by molar-refractivity contribution is 6.31. The first-order valence-corrected chi connectivity index (χ1v) is 9.24. The van der Waals surface area contributed by atoms with Crippen molar-refractivity contribution in [3.05, 3.63) is 83.1 Å². The molecule has 0 atom stereocenters. The van der Waals surface area contributed by atoms with Gasteiger partial charge in [0.25, 0.3) is 5.91 Å². The fourth-order valence-corrected chi connectivity index (χ4v) is 2.87. The van der Waals surface area contributed by atoms with Gasteiger partial charge >= 0.3 is 0 Å². The van der Waals surface area contributed by atoms with Crippen molar-refractivity contribution in [2.45, 2.75) is 26.8 Å². The van der Waals surface area contributed by atoms with E-state index in [1.807, 2.05) is 54.1 Å². The van der Waals surface area contributed by atoms with Crippen molar-refractivity contribution >= 4 is 23.2 Å². The fourth-order valence-electron chi connectivity index (χ4n) is 2.70. The third-order valence-corrected chi connectivity index (χ3v) is 4.46. The van der Waals surface area contributed by atoms with Crippen LogP contribution in [-0.2, 0) is 17.8 Å². The van der Waals surface area contributed by atoms with Crippen molar-refractivity contribution in [2.75, 3.05) is 5.32 Å². The fraction of sp³-hybridized carbons (Fsp3) is 0.182. The van der Waals surface area contributed by atoms with Gasteiger partial charge in [0, 0.05) is 23.6 Å². The molecule has 138 valence electrons. The molecule has 0 fully saturated rings. The van der Waals surface area contributed by atoms with Gasteiger partial charge in [0.15, 0.2) is 17.6 Å². The number of carbonyl (C=O) groups is 1. The molecule has 0 saturated heterocycles. The lowest BCUT2D eigenvalue weighted by molar-refractivity contribution is -0.690. The summed E-state index contributed by atoms with van der Waals surface area (Å²) in [5.41, 5.74) is 2.75. The third-order valence-electron chi connectivity index (χ3n) is 4.22. The van der Waals surface area contributed by atoms with Crippen LogP contribution in [0.1, 0.15) is 18.2 Å². The highest BCUT2D eigenvalue weighted by atomic mass is 35.5. The summed E-state index contributed by atoms with van der Waals surface area (Å²) in [6.45, 7) is 4.29. The van der Waals surface area contributed by atoms with Crippen LogP contribution in [0.3, 0.4) is 0 Å². The first-order chi connectivity index (χ1) is 13.0. The van der Waals surface area contributed by atoms with E-state index in [4.69, 9.17) is 16.3 Å². The standard InChI is InChI=1S/C22H21ClN2O2/c1-3-17-10-9-16(2)25(14-17)15-22(26)24-20-13-18(23)11-12-21(20)27-19-7-5-4-6-8-19/h4-14H,3,15H2,1-2H3/p+1. The number of hydrogen-bond acceptors (Lipinski definition) is 2. The number of anilines is 1. The zero-order valence-electron chi connectivity index (χ0n) is 15.4. The first-order valence-electron chi connectivity index (χ1n) is 8.86. The van der Waals surface area contributed by atoms with Gasteiger partial charge in [0.1, 0.15) is 5.75 Å². The number of benzene rings is 2. The minimum Gasteiger partial charge on any atom is -0.455 e. The Balaban J connectivity index is 1.78. The first kappa shape index (κ1) is 18.9. The van der Waals surface area contributed by atoms with Crippen LogP contribution in [0.15, 0.2) is 66.9 Å². The molecule has 0 aliphatic rings. The van der Waals surface area contributed by atoms with E-state index in [2.05, 4.69) is 18.3 Å². The van der Waals surface area contributed by atoms with Crippen LogP contribution in [0.25, 0.3) is 0 Å². The van der Waals surface area contributed by atoms with Gasteiger partial charge < -0.3 is 10.1 Å². The van der Waals surface area contributed by atoms with Gasteiger partial charge in [-0.15, -0.1) is 0 Å². The lowest BCUT2D eigenvalue weighted by atomic mass is 10.2. The molecule has 0 aliphatic carbocycles. The lowest BCUT2D eigenvalue weighted by Gasteiger charge is -2.12. The minimum atomic E-state index is -0.142. The summed E-state index contributed by atoms with van der Waals surface area (Å²) < 4.78 is 7.84. The average Bonchev–Trinajstić information content (AvgIpc) is 2.66. The topological polar surface area (TPSA) is 42.2 Å². The van der Waals surface area contributed by atoms with E-state index in [0.29, 0.717) is 22.2 Å². The van der Waals surface area contributed by atoms with Crippen molar-refractivity contribution in [1.29, 1.82) is 0 Å². The quantitative estimate of drug-likeness (QED) is 0.615. The van der Waals surface area contributed by atoms with Crippen LogP contribution in [-0.4, -0.2) is 5.91 Å². The number of ether oxygens (including phenoxy) is 1. The van der Waals surface area contributed by atoms with Crippen LogP contribution >= 0.6 is 11.6 Å². The van der Waals surface area contributed by atoms with Crippen molar-refractivity contribution in [2.24, 2.45) is 0 Å². The second-order valence-corrected chi connectivity index (χ2v) is 6.70. The summed E-state index contributed by atoms with van der Waals surface area (Å²) in [6.07, 6.45) is 2.93. The number of aryl methyl sites for hydroxylation is 2. The van der Waals surface area contributed by atoms with Crippen LogP contribution in [0.4, 0.5) is 5.69 Å². The van der Waals surface area contributed by atoms with E-state index < -0.39 is 0 Å². The molecule has 27 heavy (non-hydrogen) atoms. The van der Waals surface area contributed by atoms with E-state index in [1.54, 1.807) is 18.2 Å². The number of halogens is 1. The van der Waals surface area contributed by atoms with Crippen molar-refractivity contribution in [3.8, 4) is 11.5 Å². The second kappa shape index (κ2) is 8.69. The molecular weight excluding hydrogens is 360 g/mol. The molecule has 1 aromatic heterocycles. The number of nitrogens with one attached hydrogen (secondary N) is 1. The zero-order chi connectivity index (χ0) is 19.2. The Morgan fingerprint density at radius 2 is 1.89 bits per heavy atom. The average molecular weight is 382 g/mol. The van der Waals surface area contributed by atoms with Crippen molar-refractivity contribution in [3.63, 3.8) is 0 Å². The van der Waals surface area contributed by atoms with Crippen LogP contribution < -0.4 is 14.6 Å². The van der Waals surface area contributed by atoms with Gasteiger partial charge in [0.05, 0.1) is 5.69 Å². The highest BCUT2D eigenvalue weighted by Gasteiger charge is 2.16. The number of rotatable bonds is 6. The molecule has 0 radical (unpaired) electrons. The molecule has 0 spiro atoms. The van der Waals surface area contributed by atoms with Gasteiger partial charge in [0.2, 0.25) is 6.54 Å². The molecule has 4 nitrogen and oxygen atoms in total. The summed E-state index contributed by atoms with van der Waals surface area (Å²) >= 11 is 6.12. The number of hydrogen-bond donors (Lipinski definition) is 1. The number of aromatic nitrogens is 1. The Morgan fingerprint density at radius 3 is 2.63 bits per heavy atom. The summed E-state index contributed by atoms with van der Waals surface area (Å²) in [6, 6.07) is 18.7. The molecule has 1 heterocycles. The Hall–Kier alpha value is -2.85. The van der Waals surface area contributed by atoms with Gasteiger partial charge in [-0.3, -0.25) is 4.79 Å². The van der Waals surface area contributed by atoms with E-state index in [9.17, 15) is 4.79 Å². The number of nitrogens with zero attached hydrogens (tertiary/aromatic N) is 1. The Bertz CT molecular complexity index is 942. The van der Waals surface area contributed by atoms with Gasteiger partial charge in [-0.25, -0.2) is 0 Å². The van der Waals surface area contributed by atoms with Crippen molar-refractivity contribution < 1.29 is 14.1 Å². The summed E-state index contributed by atoms with van der Waals surface area (Å²) in [4.78, 5) is 12.6. The predicted molar refractivity (Wildman–Crippen MR) is 107 cm³/mol. The second-order valence-electron chi connectivity index (χ2n) is 6.26. The van der Waals surface area contributed by atoms with Gasteiger partial charge in [-0.2, -0.15) is 4.57 Å². The molecular formula is C22H22ClN2O2+. The zero-order valence-corrected chi connectivity index (χ0v) is 16.2. The largest absolute Gasteiger partial charge is 0.455 e. The maximum Gasteiger partial charge on any atom is 0.290 e. The van der Waals surface area contributed by atoms with E-state index in [-0.39, 0.29) is 12.5 Å². The molecule has 0 aliphatic heterocycles. The monoisotopic (exact) mass is 381 g/mol. The van der Waals surface area contributed by atoms with Gasteiger partial charge in [-0.05, 0) is 42.8 Å². The van der Waals surface area contributed by atoms with E-state index in [1.165, 1.54) is 5.56 Å². The normalized spacial score (nSPS) is 10.5. The number of amides is 1. The molecule has 0 unspecified atom stereocenters. The predicted octanol–water partition coefficient (Wildman–Crippen LogP) is 4.93. The molecule has 1 N–H and O–H groups in total. The Labute approximate surface area is 164 Å². The smallest absolute Gasteiger partial charge is 0.290 e. The summed E-state index contributed by atoms with van der Waals surface area (Å²) in [7, 11) is 0. The van der Waals surface area contributed by atoms with Crippen LogP contribution in [0, 0.1) is 6.92 Å². The van der Waals surface area contributed by atoms with Crippen molar-refractivity contribution in [1.82, 2.24) is 0 Å². The van der Waals surface area contributed by atoms with Crippen LogP contribution in [0.2, 0.25) is 5.02 Å². The lowest BCUT2D eigenvalue weighted by Crippen LogP contribution is -2.43. The minimum absolute atomic E-state index is 0.142. The molecule has 2 aromatic carbocycles. The number of para-hydroxylation sites is 1. The molecule has 1 amide bonds. The molecule has 0 saturated carbocycles. The maximum absolute atomic E-state index is 12.6.